The van der Waals surface area contributed by atoms with Crippen LogP contribution in [0.25, 0.3) is 16.4 Å². The number of aryl methyl sites for hydroxylation is 2. The van der Waals surface area contributed by atoms with Crippen molar-refractivity contribution in [2.75, 3.05) is 13.2 Å². The summed E-state index contributed by atoms with van der Waals surface area (Å²) in [4.78, 5) is 125. The van der Waals surface area contributed by atoms with E-state index in [-0.39, 0.29) is 112 Å². The van der Waals surface area contributed by atoms with Gasteiger partial charge in [-0.05, 0) is 119 Å². The zero-order valence-electron chi connectivity index (χ0n) is 54.4. The van der Waals surface area contributed by atoms with Crippen LogP contribution in [-0.2, 0) is 68.7 Å². The van der Waals surface area contributed by atoms with Gasteiger partial charge in [0, 0.05) is 125 Å². The zero-order chi connectivity index (χ0) is 66.7. The van der Waals surface area contributed by atoms with Crippen LogP contribution in [0, 0.1) is 59.2 Å². The van der Waals surface area contributed by atoms with Crippen molar-refractivity contribution in [2.24, 2.45) is 94.7 Å². The molecule has 8 bridgehead atoms. The third kappa shape index (κ3) is 14.9. The molecule has 15 atom stereocenters. The van der Waals surface area contributed by atoms with Crippen LogP contribution < -0.4 is 39.7 Å². The summed E-state index contributed by atoms with van der Waals surface area (Å²) in [5.41, 5.74) is 36.8. The first-order valence-electron chi connectivity index (χ1n) is 30.5. The molecule has 0 aliphatic carbocycles. The summed E-state index contributed by atoms with van der Waals surface area (Å²) in [5, 5.41) is 30.2. The Hall–Kier alpha value is -6.24. The summed E-state index contributed by atoms with van der Waals surface area (Å²) in [5.74, 6) is -7.34. The molecule has 0 spiro atoms. The third-order valence-electron chi connectivity index (χ3n) is 20.5. The number of phosphoric ester groups is 1. The number of aliphatic hydroxyl groups excluding tert-OH is 2. The molecule has 7 heterocycles. The first-order valence-corrected chi connectivity index (χ1v) is 32.0. The van der Waals surface area contributed by atoms with Gasteiger partial charge in [-0.15, -0.1) is 12.4 Å². The van der Waals surface area contributed by atoms with Crippen LogP contribution in [0.5, 0.6) is 0 Å². The summed E-state index contributed by atoms with van der Waals surface area (Å²) in [6.45, 7) is 19.1. The average molecular weight is 1380 g/mol. The molecular formula is C62H92ClCoN13O15P-. The number of nitrogens with two attached hydrogens (primary N) is 6. The van der Waals surface area contributed by atoms with Crippen LogP contribution in [0.15, 0.2) is 67.8 Å². The molecule has 1 aromatic carbocycles. The van der Waals surface area contributed by atoms with E-state index in [0.29, 0.717) is 56.4 Å². The van der Waals surface area contributed by atoms with Crippen molar-refractivity contribution >= 4 is 89.7 Å². The Bertz CT molecular complexity index is 3550. The Morgan fingerprint density at radius 2 is 1.37 bits per heavy atom. The summed E-state index contributed by atoms with van der Waals surface area (Å²) in [6.07, 6.45) is -4.47. The molecule has 2 unspecified atom stereocenters. The molecule has 18 N–H and O–H groups in total. The Morgan fingerprint density at radius 1 is 0.785 bits per heavy atom. The molecule has 6 aliphatic heterocycles. The number of nitrogens with zero attached hydrogens (tertiary/aromatic N) is 6. The van der Waals surface area contributed by atoms with Crippen LogP contribution in [0.4, 0.5) is 0 Å². The largest absolute Gasteiger partial charge is 0.682 e. The van der Waals surface area contributed by atoms with Gasteiger partial charge in [0.15, 0.2) is 6.23 Å². The van der Waals surface area contributed by atoms with Crippen molar-refractivity contribution in [1.29, 1.82) is 0 Å². The minimum atomic E-state index is -5.07. The quantitative estimate of drug-likeness (QED) is 0.0602. The SMILES string of the molecule is CC1=C2[N-]C([C@H](CC(N)=O)[C@@]2(C)CCC(=O)NC[C@H](C)OP(=O)(O)O[C@H]2[C@@H](O)[C@@H](n3cnc4cc(C)c(C)cc43)O[C@@H]2CO)[C@]2(C)N=C(C(C)=C3N=C(C=C4N=C1[C@@H](CCC(N)=O)C4(C)C)[C@@H](CCC(N)=O)[C@]3(C)CC(N)=O)[C@@H](CCC(N)=O)[C@]2(C)CC(N)=O.Cl.O.[Co]. The molecule has 2 aromatic rings. The molecule has 31 heteroatoms. The molecule has 7 amide bonds. The number of amides is 7. The number of allylic oxidation sites excluding steroid dienone is 6. The number of phosphoric acid groups is 1. The minimum absolute atomic E-state index is 0. The number of aliphatic imine (C=N–C) groups is 3. The van der Waals surface area contributed by atoms with Crippen LogP contribution >= 0.6 is 20.2 Å². The van der Waals surface area contributed by atoms with Gasteiger partial charge in [0.05, 0.1) is 41.3 Å². The predicted molar refractivity (Wildman–Crippen MR) is 345 cm³/mol. The summed E-state index contributed by atoms with van der Waals surface area (Å²) in [6, 6.07) is 2.68. The first kappa shape index (κ1) is 77.5. The molecule has 517 valence electrons. The van der Waals surface area contributed by atoms with Gasteiger partial charge in [-0.2, -0.15) is 5.70 Å². The number of ether oxygens (including phenoxy) is 1. The third-order valence-corrected chi connectivity index (χ3v) is 21.6. The number of fused-ring (bicyclic) bond motifs is 7. The first-order chi connectivity index (χ1) is 41.8. The standard InChI is InChI=1S/C62H90N13O14P.ClH.Co.H2O/c1-29-20-39-40(21-30(29)2)75(28-70-39)57-52(84)53(41(27-76)87-57)89-90(85,86)88-31(3)26-69-49(83)18-19-59(8)37(22-46(66)80)56-62(11)61(10,25-48(68)82)36(14-17-45(65)79)51(74-62)33(5)55-60(9,24-47(67)81)34(12-15-43(63)77)38(71-55)23-42-58(6,7)35(13-16-44(64)78)50(72-42)32(4)54(59)73-56;;;/h20-21,23,28,31,34-37,41,52-53,56-57,76,84H,12-19,22,24-27H2,1-11H3,(H15,63,64,65,66,67,68,69,71,72,73,74,77,78,79,80,81,82,83,85,86);1H;;1H2/p-1/t31-,34+,35+,36+,37-,41+,52+,53+,56?,57-,59+,60-,61-,62-;;;/m0.../s1. The van der Waals surface area contributed by atoms with Gasteiger partial charge in [-0.3, -0.25) is 57.6 Å². The van der Waals surface area contributed by atoms with E-state index in [9.17, 15) is 53.2 Å². The maximum absolute atomic E-state index is 14.4. The molecule has 2 saturated heterocycles. The molecule has 28 nitrogen and oxygen atoms in total. The van der Waals surface area contributed by atoms with E-state index in [4.69, 9.17) is 68.5 Å². The number of nitrogens with one attached hydrogen (secondary N) is 1. The number of aliphatic hydroxyl groups is 2. The molecular weight excluding hydrogens is 1290 g/mol. The second-order valence-electron chi connectivity index (χ2n) is 27.0. The number of aromatic nitrogens is 2. The monoisotopic (exact) mass is 1380 g/mol. The number of hydrogen-bond donors (Lipinski definition) is 10. The summed E-state index contributed by atoms with van der Waals surface area (Å²) >= 11 is 0. The van der Waals surface area contributed by atoms with E-state index in [1.807, 2.05) is 80.5 Å². The molecule has 6 aliphatic rings. The normalized spacial score (nSPS) is 31.0. The van der Waals surface area contributed by atoms with Crippen LogP contribution in [0.1, 0.15) is 150 Å². The number of carbonyl (C=O) groups is 7. The van der Waals surface area contributed by atoms with Crippen molar-refractivity contribution < 1.29 is 89.3 Å². The van der Waals surface area contributed by atoms with Crippen LogP contribution in [-0.4, -0.2) is 138 Å². The van der Waals surface area contributed by atoms with Crippen molar-refractivity contribution in [2.45, 2.75) is 189 Å². The molecule has 8 rings (SSSR count). The van der Waals surface area contributed by atoms with E-state index in [2.05, 4.69) is 10.3 Å². The number of benzene rings is 1. The van der Waals surface area contributed by atoms with Gasteiger partial charge in [-0.25, -0.2) is 9.55 Å². The van der Waals surface area contributed by atoms with Crippen LogP contribution in [0.3, 0.4) is 0 Å². The van der Waals surface area contributed by atoms with E-state index >= 15 is 0 Å². The molecule has 2 fully saturated rings. The predicted octanol–water partition coefficient (Wildman–Crippen LogP) is 3.54. The fourth-order valence-corrected chi connectivity index (χ4v) is 16.5. The van der Waals surface area contributed by atoms with Gasteiger partial charge in [-0.1, -0.05) is 40.7 Å². The average Bonchev–Trinajstić information content (AvgIpc) is 1.53. The molecule has 1 radical (unpaired) electrons. The summed E-state index contributed by atoms with van der Waals surface area (Å²) < 4.78 is 32.3. The van der Waals surface area contributed by atoms with Gasteiger partial charge in [0.2, 0.25) is 41.4 Å². The molecule has 93 heavy (non-hydrogen) atoms. The minimum Gasteiger partial charge on any atom is -0.682 e. The number of imidazole rings is 1. The number of halogens is 1. The van der Waals surface area contributed by atoms with E-state index < -0.39 is 143 Å². The fraction of sp³-hybridized carbons (Fsp3) is 0.629. The van der Waals surface area contributed by atoms with E-state index in [1.54, 1.807) is 11.5 Å². The smallest absolute Gasteiger partial charge is 0.472 e. The Kier molecular flexibility index (Phi) is 24.2. The van der Waals surface area contributed by atoms with E-state index in [1.165, 1.54) is 13.3 Å². The number of carbonyl (C=O) groups excluding carboxylic acids is 7. The molecule has 0 saturated carbocycles. The zero-order valence-corrected chi connectivity index (χ0v) is 57.2. The van der Waals surface area contributed by atoms with E-state index in [0.717, 1.165) is 11.1 Å². The van der Waals surface area contributed by atoms with Crippen molar-refractivity contribution in [3.63, 3.8) is 0 Å². The topological polar surface area (TPSA) is 494 Å². The van der Waals surface area contributed by atoms with Crippen molar-refractivity contribution in [3.8, 4) is 0 Å². The van der Waals surface area contributed by atoms with Gasteiger partial charge in [0.25, 0.3) is 0 Å². The van der Waals surface area contributed by atoms with Crippen molar-refractivity contribution in [3.05, 3.63) is 69.2 Å². The number of hydrogen-bond acceptors (Lipinski definition) is 17. The number of primary amides is 6. The van der Waals surface area contributed by atoms with Crippen LogP contribution in [0.2, 0.25) is 0 Å². The van der Waals surface area contributed by atoms with Gasteiger partial charge >= 0.3 is 7.82 Å². The second kappa shape index (κ2) is 29.0. The molecule has 1 aromatic heterocycles. The maximum atomic E-state index is 14.4. The Balaban J connectivity index is 0.00000523. The van der Waals surface area contributed by atoms with Crippen molar-refractivity contribution in [1.82, 2.24) is 14.9 Å². The Morgan fingerprint density at radius 3 is 1.94 bits per heavy atom. The van der Waals surface area contributed by atoms with Gasteiger partial charge in [0.1, 0.15) is 18.3 Å². The number of rotatable bonds is 26. The van der Waals surface area contributed by atoms with Gasteiger partial charge < -0.3 is 74.9 Å². The Labute approximate surface area is 557 Å². The fourth-order valence-electron chi connectivity index (χ4n) is 15.3. The maximum Gasteiger partial charge on any atom is 0.472 e. The summed E-state index contributed by atoms with van der Waals surface area (Å²) in [7, 11) is -5.07. The second-order valence-corrected chi connectivity index (χ2v) is 28.4.